The van der Waals surface area contributed by atoms with Crippen molar-refractivity contribution in [2.45, 2.75) is 31.2 Å². The average Bonchev–Trinajstić information content (AvgIpc) is 2.77. The quantitative estimate of drug-likeness (QED) is 0.791. The van der Waals surface area contributed by atoms with Crippen LogP contribution in [0.15, 0.2) is 23.4 Å². The zero-order valence-electron chi connectivity index (χ0n) is 10.5. The fourth-order valence-corrected chi connectivity index (χ4v) is 2.32. The summed E-state index contributed by atoms with van der Waals surface area (Å²) in [6.45, 7) is 5.89. The third-order valence-corrected chi connectivity index (χ3v) is 3.41. The first-order valence-electron chi connectivity index (χ1n) is 5.54. The second-order valence-corrected chi connectivity index (χ2v) is 5.36. The molecule has 0 N–H and O–H groups in total. The van der Waals surface area contributed by atoms with Crippen LogP contribution in [-0.2, 0) is 0 Å². The first-order valence-corrected chi connectivity index (χ1v) is 6.42. The van der Waals surface area contributed by atoms with E-state index in [0.717, 1.165) is 11.3 Å². The molecule has 0 bridgehead atoms. The summed E-state index contributed by atoms with van der Waals surface area (Å²) in [6.07, 6.45) is 0. The summed E-state index contributed by atoms with van der Waals surface area (Å²) < 4.78 is 1.67. The number of benzene rings is 1. The Morgan fingerprint density at radius 1 is 1.39 bits per heavy atom. The number of hydrogen-bond donors (Lipinski definition) is 0. The van der Waals surface area contributed by atoms with E-state index in [1.54, 1.807) is 4.68 Å². The van der Waals surface area contributed by atoms with Crippen LogP contribution in [0.25, 0.3) is 5.69 Å². The molecule has 0 amide bonds. The predicted molar refractivity (Wildman–Crippen MR) is 69.6 cm³/mol. The molecule has 2 aromatic rings. The maximum absolute atomic E-state index is 8.84. The fraction of sp³-hybridized carbons (Fsp3) is 0.333. The van der Waals surface area contributed by atoms with Crippen molar-refractivity contribution >= 4 is 11.8 Å². The number of aromatic nitrogens is 4. The Hall–Kier alpha value is -1.87. The highest BCUT2D eigenvalue weighted by Gasteiger charge is 2.14. The monoisotopic (exact) mass is 259 g/mol. The van der Waals surface area contributed by atoms with Crippen molar-refractivity contribution in [2.24, 2.45) is 0 Å². The molecule has 18 heavy (non-hydrogen) atoms. The van der Waals surface area contributed by atoms with Gasteiger partial charge in [0.15, 0.2) is 0 Å². The van der Waals surface area contributed by atoms with Crippen LogP contribution >= 0.6 is 11.8 Å². The molecule has 0 saturated heterocycles. The Balaban J connectivity index is 2.40. The van der Waals surface area contributed by atoms with Gasteiger partial charge in [0, 0.05) is 0 Å². The summed E-state index contributed by atoms with van der Waals surface area (Å²) in [5.74, 6) is 0. The smallest absolute Gasteiger partial charge is 0.197 e. The molecule has 1 aromatic carbocycles. The van der Waals surface area contributed by atoms with E-state index in [1.807, 2.05) is 32.9 Å². The van der Waals surface area contributed by atoms with Gasteiger partial charge in [-0.25, -0.2) is 0 Å². The van der Waals surface area contributed by atoms with Gasteiger partial charge in [-0.05, 0) is 42.8 Å². The molecule has 0 fully saturated rings. The average molecular weight is 259 g/mol. The minimum atomic E-state index is -0.180. The first-order chi connectivity index (χ1) is 8.61. The third kappa shape index (κ3) is 2.51. The zero-order chi connectivity index (χ0) is 13.1. The molecule has 1 heterocycles. The van der Waals surface area contributed by atoms with Gasteiger partial charge >= 0.3 is 0 Å². The van der Waals surface area contributed by atoms with Crippen molar-refractivity contribution in [3.05, 3.63) is 29.3 Å². The van der Waals surface area contributed by atoms with Crippen LogP contribution in [0.2, 0.25) is 0 Å². The van der Waals surface area contributed by atoms with E-state index in [4.69, 9.17) is 5.26 Å². The molecule has 0 aliphatic heterocycles. The number of thioether (sulfide) groups is 1. The molecule has 0 spiro atoms. The highest BCUT2D eigenvalue weighted by atomic mass is 32.2. The fourth-order valence-electron chi connectivity index (χ4n) is 1.63. The van der Waals surface area contributed by atoms with Gasteiger partial charge in [-0.15, -0.1) is 5.10 Å². The van der Waals surface area contributed by atoms with E-state index in [9.17, 15) is 0 Å². The van der Waals surface area contributed by atoms with Crippen molar-refractivity contribution < 1.29 is 0 Å². The molecule has 92 valence electrons. The minimum Gasteiger partial charge on any atom is -0.197 e. The van der Waals surface area contributed by atoms with E-state index in [-0.39, 0.29) is 5.25 Å². The summed E-state index contributed by atoms with van der Waals surface area (Å²) in [6, 6.07) is 8.25. The second kappa shape index (κ2) is 5.19. The first kappa shape index (κ1) is 12.6. The normalized spacial score (nSPS) is 12.1. The van der Waals surface area contributed by atoms with E-state index in [2.05, 4.69) is 27.7 Å². The van der Waals surface area contributed by atoms with Crippen LogP contribution in [0.5, 0.6) is 0 Å². The van der Waals surface area contributed by atoms with Crippen molar-refractivity contribution in [3.8, 4) is 11.8 Å². The van der Waals surface area contributed by atoms with E-state index < -0.39 is 0 Å². The third-order valence-electron chi connectivity index (χ3n) is 2.49. The van der Waals surface area contributed by atoms with Crippen molar-refractivity contribution in [3.63, 3.8) is 0 Å². The van der Waals surface area contributed by atoms with E-state index in [1.165, 1.54) is 17.3 Å². The SMILES string of the molecule is Cc1ccc(-n2nnnc2SC(C)C#N)c(C)c1. The van der Waals surface area contributed by atoms with Gasteiger partial charge in [-0.1, -0.05) is 29.5 Å². The number of rotatable bonds is 3. The molecule has 1 aromatic heterocycles. The number of nitrogens with zero attached hydrogens (tertiary/aromatic N) is 5. The van der Waals surface area contributed by atoms with Gasteiger partial charge < -0.3 is 0 Å². The minimum absolute atomic E-state index is 0.180. The lowest BCUT2D eigenvalue weighted by Gasteiger charge is -2.08. The topological polar surface area (TPSA) is 67.4 Å². The maximum atomic E-state index is 8.84. The van der Waals surface area contributed by atoms with E-state index in [0.29, 0.717) is 5.16 Å². The standard InChI is InChI=1S/C12H13N5S/c1-8-4-5-11(9(2)6-8)17-12(14-15-16-17)18-10(3)7-13/h4-6,10H,1-3H3. The van der Waals surface area contributed by atoms with Gasteiger partial charge in [-0.2, -0.15) is 9.94 Å². The molecular weight excluding hydrogens is 246 g/mol. The Morgan fingerprint density at radius 2 is 2.17 bits per heavy atom. The summed E-state index contributed by atoms with van der Waals surface area (Å²) in [7, 11) is 0. The van der Waals surface area contributed by atoms with Gasteiger partial charge in [0.25, 0.3) is 0 Å². The van der Waals surface area contributed by atoms with Crippen molar-refractivity contribution in [2.75, 3.05) is 0 Å². The molecule has 5 nitrogen and oxygen atoms in total. The molecule has 1 atom stereocenters. The van der Waals surface area contributed by atoms with Gasteiger partial charge in [-0.3, -0.25) is 0 Å². The Kier molecular flexibility index (Phi) is 3.63. The van der Waals surface area contributed by atoms with Gasteiger partial charge in [0.05, 0.1) is 17.0 Å². The highest BCUT2D eigenvalue weighted by molar-refractivity contribution is 8.00. The molecule has 0 aliphatic rings. The van der Waals surface area contributed by atoms with E-state index >= 15 is 0 Å². The number of nitriles is 1. The van der Waals surface area contributed by atoms with Crippen LogP contribution in [0.4, 0.5) is 0 Å². The number of tetrazole rings is 1. The Labute approximate surface area is 110 Å². The Morgan fingerprint density at radius 3 is 2.83 bits per heavy atom. The van der Waals surface area contributed by atoms with Gasteiger partial charge in [0.1, 0.15) is 0 Å². The Bertz CT molecular complexity index is 599. The number of hydrogen-bond acceptors (Lipinski definition) is 5. The van der Waals surface area contributed by atoms with Crippen LogP contribution in [-0.4, -0.2) is 25.5 Å². The van der Waals surface area contributed by atoms with Crippen LogP contribution in [0, 0.1) is 25.2 Å². The van der Waals surface area contributed by atoms with Crippen LogP contribution in [0.1, 0.15) is 18.1 Å². The molecule has 0 saturated carbocycles. The lowest BCUT2D eigenvalue weighted by atomic mass is 10.1. The zero-order valence-corrected chi connectivity index (χ0v) is 11.3. The molecule has 6 heteroatoms. The summed E-state index contributed by atoms with van der Waals surface area (Å²) in [4.78, 5) is 0. The summed E-state index contributed by atoms with van der Waals surface area (Å²) in [5.41, 5.74) is 3.25. The maximum Gasteiger partial charge on any atom is 0.215 e. The molecule has 2 rings (SSSR count). The van der Waals surface area contributed by atoms with Crippen molar-refractivity contribution in [1.29, 1.82) is 5.26 Å². The molecule has 0 aliphatic carbocycles. The largest absolute Gasteiger partial charge is 0.215 e. The van der Waals surface area contributed by atoms with Gasteiger partial charge in [0.2, 0.25) is 5.16 Å². The lowest BCUT2D eigenvalue weighted by molar-refractivity contribution is 0.751. The van der Waals surface area contributed by atoms with Crippen molar-refractivity contribution in [1.82, 2.24) is 20.2 Å². The van der Waals surface area contributed by atoms with Crippen LogP contribution < -0.4 is 0 Å². The van der Waals surface area contributed by atoms with Crippen LogP contribution in [0.3, 0.4) is 0 Å². The molecule has 0 radical (unpaired) electrons. The lowest BCUT2D eigenvalue weighted by Crippen LogP contribution is -2.03. The predicted octanol–water partition coefficient (Wildman–Crippen LogP) is 2.28. The summed E-state index contributed by atoms with van der Waals surface area (Å²) in [5, 5.41) is 20.9. The molecular formula is C12H13N5S. The highest BCUT2D eigenvalue weighted by Crippen LogP contribution is 2.24. The summed E-state index contributed by atoms with van der Waals surface area (Å²) >= 11 is 1.35. The number of aryl methyl sites for hydroxylation is 2. The molecule has 1 unspecified atom stereocenters. The second-order valence-electron chi connectivity index (χ2n) is 4.05.